The van der Waals surface area contributed by atoms with Crippen LogP contribution in [0.5, 0.6) is 17.2 Å². The largest absolute Gasteiger partial charge is 0.618 e. The van der Waals surface area contributed by atoms with Crippen molar-refractivity contribution in [3.8, 4) is 28.5 Å². The van der Waals surface area contributed by atoms with Gasteiger partial charge in [0.25, 0.3) is 0 Å². The molecule has 1 aromatic heterocycles. The van der Waals surface area contributed by atoms with Crippen LogP contribution in [0.3, 0.4) is 0 Å². The number of methoxy groups -OCH3 is 1. The van der Waals surface area contributed by atoms with Gasteiger partial charge in [0.15, 0.2) is 0 Å². The number of para-hydroxylation sites is 1. The van der Waals surface area contributed by atoms with Crippen LogP contribution in [0.25, 0.3) is 22.2 Å². The maximum atomic E-state index is 12.9. The molecule has 4 aromatic rings. The van der Waals surface area contributed by atoms with E-state index >= 15 is 0 Å². The second kappa shape index (κ2) is 8.77. The van der Waals surface area contributed by atoms with Crippen LogP contribution in [0.4, 0.5) is 0 Å². The third kappa shape index (κ3) is 4.22. The number of pyridine rings is 1. The zero-order valence-electron chi connectivity index (χ0n) is 17.4. The molecule has 7 nitrogen and oxygen atoms in total. The molecule has 0 bridgehead atoms. The Morgan fingerprint density at radius 1 is 0.844 bits per heavy atom. The summed E-state index contributed by atoms with van der Waals surface area (Å²) in [6.07, 6.45) is 0. The predicted molar refractivity (Wildman–Crippen MR) is 118 cm³/mol. The number of aromatic nitrogens is 1. The van der Waals surface area contributed by atoms with Gasteiger partial charge >= 0.3 is 11.9 Å². The van der Waals surface area contributed by atoms with Crippen molar-refractivity contribution in [1.29, 1.82) is 0 Å². The Morgan fingerprint density at radius 3 is 2.28 bits per heavy atom. The van der Waals surface area contributed by atoms with E-state index in [1.165, 1.54) is 19.1 Å². The normalized spacial score (nSPS) is 10.6. The minimum absolute atomic E-state index is 0.118. The van der Waals surface area contributed by atoms with Gasteiger partial charge in [0.05, 0.1) is 12.5 Å². The highest BCUT2D eigenvalue weighted by molar-refractivity contribution is 5.95. The average molecular weight is 429 g/mol. The number of carbonyl (C=O) groups excluding carboxylic acids is 2. The van der Waals surface area contributed by atoms with Gasteiger partial charge in [-0.1, -0.05) is 12.1 Å². The van der Waals surface area contributed by atoms with Gasteiger partial charge in [-0.2, -0.15) is 4.73 Å². The highest BCUT2D eigenvalue weighted by Crippen LogP contribution is 2.26. The molecule has 0 aliphatic carbocycles. The van der Waals surface area contributed by atoms with E-state index in [0.717, 1.165) is 10.3 Å². The molecule has 0 unspecified atom stereocenters. The fourth-order valence-electron chi connectivity index (χ4n) is 3.30. The lowest BCUT2D eigenvalue weighted by atomic mass is 10.1. The number of esters is 2. The molecule has 0 radical (unpaired) electrons. The molecule has 0 amide bonds. The third-order valence-electron chi connectivity index (χ3n) is 4.81. The molecule has 32 heavy (non-hydrogen) atoms. The molecular formula is C25H19NO6. The summed E-state index contributed by atoms with van der Waals surface area (Å²) >= 11 is 0. The number of nitrogens with zero attached hydrogens (tertiary/aromatic N) is 1. The Hall–Kier alpha value is -4.39. The van der Waals surface area contributed by atoms with Crippen molar-refractivity contribution >= 4 is 22.8 Å². The quantitative estimate of drug-likeness (QED) is 0.203. The minimum atomic E-state index is -0.675. The fraction of sp³-hybridized carbons (Fsp3) is 0.0800. The Kier molecular flexibility index (Phi) is 5.72. The van der Waals surface area contributed by atoms with E-state index < -0.39 is 11.9 Å². The first-order valence-electron chi connectivity index (χ1n) is 9.76. The van der Waals surface area contributed by atoms with Gasteiger partial charge in [-0.25, -0.2) is 4.79 Å². The number of hydrogen-bond acceptors (Lipinski definition) is 6. The van der Waals surface area contributed by atoms with E-state index in [1.54, 1.807) is 61.7 Å². The summed E-state index contributed by atoms with van der Waals surface area (Å²) in [6, 6.07) is 21.7. The molecule has 0 spiro atoms. The lowest BCUT2D eigenvalue weighted by Gasteiger charge is -2.11. The molecule has 160 valence electrons. The van der Waals surface area contributed by atoms with Crippen LogP contribution >= 0.6 is 0 Å². The topological polar surface area (TPSA) is 88.8 Å². The van der Waals surface area contributed by atoms with Crippen LogP contribution < -0.4 is 18.9 Å². The molecule has 3 aromatic carbocycles. The molecule has 0 fully saturated rings. The molecule has 1 heterocycles. The number of ether oxygens (including phenoxy) is 3. The van der Waals surface area contributed by atoms with Gasteiger partial charge < -0.3 is 19.4 Å². The maximum Gasteiger partial charge on any atom is 0.347 e. The number of hydrogen-bond donors (Lipinski definition) is 0. The van der Waals surface area contributed by atoms with Crippen molar-refractivity contribution in [2.24, 2.45) is 0 Å². The smallest absolute Gasteiger partial charge is 0.347 e. The summed E-state index contributed by atoms with van der Waals surface area (Å²) in [5.74, 6) is -0.131. The fourth-order valence-corrected chi connectivity index (χ4v) is 3.30. The summed E-state index contributed by atoms with van der Waals surface area (Å²) in [4.78, 5) is 23.9. The molecule has 0 N–H and O–H groups in total. The summed E-state index contributed by atoms with van der Waals surface area (Å²) in [6.45, 7) is 1.25. The first-order valence-corrected chi connectivity index (χ1v) is 9.76. The molecular weight excluding hydrogens is 410 g/mol. The SMILES string of the molecule is COc1ccc(-c2ccc3cc(OC(=O)c4ccccc4OC(C)=O)ccc3[n+]2[O-])cc1. The van der Waals surface area contributed by atoms with E-state index in [1.807, 2.05) is 12.1 Å². The lowest BCUT2D eigenvalue weighted by Crippen LogP contribution is -2.30. The van der Waals surface area contributed by atoms with Crippen LogP contribution in [0.15, 0.2) is 78.9 Å². The van der Waals surface area contributed by atoms with E-state index in [9.17, 15) is 14.8 Å². The van der Waals surface area contributed by atoms with Crippen molar-refractivity contribution < 1.29 is 28.5 Å². The van der Waals surface area contributed by atoms with E-state index in [0.29, 0.717) is 22.3 Å². The Bertz CT molecular complexity index is 1310. The van der Waals surface area contributed by atoms with Crippen molar-refractivity contribution in [1.82, 2.24) is 0 Å². The van der Waals surface area contributed by atoms with Gasteiger partial charge in [-0.05, 0) is 54.6 Å². The molecule has 0 saturated carbocycles. The first kappa shape index (κ1) is 20.9. The van der Waals surface area contributed by atoms with Gasteiger partial charge in [-0.3, -0.25) is 4.79 Å². The molecule has 0 aliphatic heterocycles. The van der Waals surface area contributed by atoms with E-state index in [4.69, 9.17) is 14.2 Å². The Labute approximate surface area is 184 Å². The van der Waals surface area contributed by atoms with Gasteiger partial charge in [0.1, 0.15) is 22.8 Å². The van der Waals surface area contributed by atoms with Crippen molar-refractivity contribution in [3.05, 3.63) is 89.6 Å². The van der Waals surface area contributed by atoms with E-state index in [2.05, 4.69) is 0 Å². The zero-order valence-corrected chi connectivity index (χ0v) is 17.4. The van der Waals surface area contributed by atoms with Gasteiger partial charge in [0, 0.05) is 24.6 Å². The lowest BCUT2D eigenvalue weighted by molar-refractivity contribution is -0.565. The number of carbonyl (C=O) groups is 2. The highest BCUT2D eigenvalue weighted by Gasteiger charge is 2.18. The Morgan fingerprint density at radius 2 is 1.56 bits per heavy atom. The van der Waals surface area contributed by atoms with Crippen molar-refractivity contribution in [2.45, 2.75) is 6.92 Å². The summed E-state index contributed by atoms with van der Waals surface area (Å²) in [7, 11) is 1.58. The van der Waals surface area contributed by atoms with Gasteiger partial charge in [0.2, 0.25) is 11.2 Å². The maximum absolute atomic E-state index is 12.9. The Balaban J connectivity index is 1.62. The van der Waals surface area contributed by atoms with Crippen LogP contribution in [-0.2, 0) is 4.79 Å². The third-order valence-corrected chi connectivity index (χ3v) is 4.81. The molecule has 0 atom stereocenters. The second-order valence-corrected chi connectivity index (χ2v) is 6.94. The van der Waals surface area contributed by atoms with Gasteiger partial charge in [-0.15, -0.1) is 0 Å². The summed E-state index contributed by atoms with van der Waals surface area (Å²) in [5, 5.41) is 13.5. The number of benzene rings is 3. The predicted octanol–water partition coefficient (Wildman–Crippen LogP) is 4.29. The van der Waals surface area contributed by atoms with Crippen molar-refractivity contribution in [2.75, 3.05) is 7.11 Å². The monoisotopic (exact) mass is 429 g/mol. The van der Waals surface area contributed by atoms with Crippen LogP contribution in [0.2, 0.25) is 0 Å². The molecule has 0 saturated heterocycles. The van der Waals surface area contributed by atoms with Crippen LogP contribution in [-0.4, -0.2) is 19.0 Å². The average Bonchev–Trinajstić information content (AvgIpc) is 2.79. The van der Waals surface area contributed by atoms with Crippen LogP contribution in [0.1, 0.15) is 17.3 Å². The standard InChI is InChI=1S/C25H19NO6/c1-16(27)31-24-6-4-3-5-21(24)25(28)32-20-12-14-23-18(15-20)9-13-22(26(23)29)17-7-10-19(30-2)11-8-17/h3-15H,1-2H3. The molecule has 4 rings (SSSR count). The van der Waals surface area contributed by atoms with Crippen molar-refractivity contribution in [3.63, 3.8) is 0 Å². The van der Waals surface area contributed by atoms with E-state index in [-0.39, 0.29) is 17.1 Å². The molecule has 7 heteroatoms. The summed E-state index contributed by atoms with van der Waals surface area (Å²) in [5.41, 5.74) is 1.79. The second-order valence-electron chi connectivity index (χ2n) is 6.94. The number of fused-ring (bicyclic) bond motifs is 1. The van der Waals surface area contributed by atoms with Crippen LogP contribution in [0, 0.1) is 5.21 Å². The highest BCUT2D eigenvalue weighted by atomic mass is 16.5. The first-order chi connectivity index (χ1) is 15.5. The molecule has 0 aliphatic rings. The number of rotatable bonds is 5. The zero-order chi connectivity index (χ0) is 22.7. The summed E-state index contributed by atoms with van der Waals surface area (Å²) < 4.78 is 16.5. The minimum Gasteiger partial charge on any atom is -0.618 e.